The van der Waals surface area contributed by atoms with E-state index in [1.54, 1.807) is 0 Å². The van der Waals surface area contributed by atoms with E-state index in [1.165, 1.54) is 94.0 Å². The molecule has 1 aliphatic rings. The number of fused-ring (bicyclic) bond motifs is 6. The van der Waals surface area contributed by atoms with Crippen LogP contribution in [0.3, 0.4) is 0 Å². The van der Waals surface area contributed by atoms with E-state index in [4.69, 9.17) is 0 Å². The second-order valence-corrected chi connectivity index (χ2v) is 17.1. The molecule has 3 heterocycles. The SMILES string of the molecule is CC1=C(c2ccc(N(c3ccccc3)c3ccccc3)cc2C)NCC(n2c3ccccc3c3cc(-c4ccc5c(c4)c4ccccc4n5-c4ccc(-c5ccccc5)cc4)ccc32)=C1. The molecule has 4 heteroatoms. The van der Waals surface area contributed by atoms with Crippen LogP contribution in [-0.2, 0) is 0 Å². The maximum Gasteiger partial charge on any atom is 0.0557 e. The largest absolute Gasteiger partial charge is 0.379 e. The van der Waals surface area contributed by atoms with E-state index >= 15 is 0 Å². The van der Waals surface area contributed by atoms with Crippen molar-refractivity contribution in [2.75, 3.05) is 11.4 Å². The van der Waals surface area contributed by atoms with Crippen molar-refractivity contribution in [1.29, 1.82) is 0 Å². The highest BCUT2D eigenvalue weighted by molar-refractivity contribution is 6.13. The summed E-state index contributed by atoms with van der Waals surface area (Å²) in [4.78, 5) is 2.32. The van der Waals surface area contributed by atoms with Gasteiger partial charge in [0.1, 0.15) is 0 Å². The molecule has 310 valence electrons. The molecule has 0 radical (unpaired) electrons. The molecule has 2 aromatic heterocycles. The second kappa shape index (κ2) is 15.8. The monoisotopic (exact) mass is 834 g/mol. The van der Waals surface area contributed by atoms with Crippen molar-refractivity contribution >= 4 is 72.1 Å². The van der Waals surface area contributed by atoms with Crippen LogP contribution in [0.25, 0.3) is 82.9 Å². The summed E-state index contributed by atoms with van der Waals surface area (Å²) in [5.41, 5.74) is 20.3. The zero-order valence-corrected chi connectivity index (χ0v) is 36.4. The summed E-state index contributed by atoms with van der Waals surface area (Å²) >= 11 is 0. The van der Waals surface area contributed by atoms with Crippen LogP contribution < -0.4 is 10.2 Å². The van der Waals surface area contributed by atoms with Gasteiger partial charge in [0.25, 0.3) is 0 Å². The van der Waals surface area contributed by atoms with Crippen molar-refractivity contribution < 1.29 is 0 Å². The maximum absolute atomic E-state index is 3.87. The summed E-state index contributed by atoms with van der Waals surface area (Å²) in [7, 11) is 0. The molecule has 0 unspecified atom stereocenters. The highest BCUT2D eigenvalue weighted by atomic mass is 15.1. The molecular formula is C61H46N4. The number of nitrogens with zero attached hydrogens (tertiary/aromatic N) is 3. The fourth-order valence-corrected chi connectivity index (χ4v) is 10.1. The molecule has 1 aliphatic heterocycles. The van der Waals surface area contributed by atoms with Crippen LogP contribution in [0, 0.1) is 6.92 Å². The average Bonchev–Trinajstić information content (AvgIpc) is 3.87. The number of hydrogen-bond acceptors (Lipinski definition) is 2. The number of para-hydroxylation sites is 4. The first-order chi connectivity index (χ1) is 32.1. The van der Waals surface area contributed by atoms with Crippen LogP contribution in [0.2, 0.25) is 0 Å². The van der Waals surface area contributed by atoms with Gasteiger partial charge in [-0.05, 0) is 138 Å². The molecule has 65 heavy (non-hydrogen) atoms. The van der Waals surface area contributed by atoms with Gasteiger partial charge in [-0.25, -0.2) is 0 Å². The Kier molecular flexibility index (Phi) is 9.31. The highest BCUT2D eigenvalue weighted by Gasteiger charge is 2.21. The van der Waals surface area contributed by atoms with Crippen LogP contribution in [0.4, 0.5) is 17.1 Å². The summed E-state index contributed by atoms with van der Waals surface area (Å²) in [5, 5.41) is 8.88. The van der Waals surface area contributed by atoms with E-state index in [-0.39, 0.29) is 0 Å². The lowest BCUT2D eigenvalue weighted by Gasteiger charge is -2.27. The average molecular weight is 835 g/mol. The molecule has 0 aliphatic carbocycles. The Bertz CT molecular complexity index is 3610. The van der Waals surface area contributed by atoms with Crippen molar-refractivity contribution in [3.05, 3.63) is 241 Å². The number of anilines is 3. The van der Waals surface area contributed by atoms with Gasteiger partial charge in [-0.3, -0.25) is 0 Å². The van der Waals surface area contributed by atoms with E-state index in [0.717, 1.165) is 22.7 Å². The Morgan fingerprint density at radius 2 is 0.892 bits per heavy atom. The van der Waals surface area contributed by atoms with Gasteiger partial charge in [-0.15, -0.1) is 0 Å². The van der Waals surface area contributed by atoms with Crippen LogP contribution >= 0.6 is 0 Å². The van der Waals surface area contributed by atoms with Crippen molar-refractivity contribution in [3.63, 3.8) is 0 Å². The molecule has 0 amide bonds. The minimum Gasteiger partial charge on any atom is -0.379 e. The summed E-state index contributed by atoms with van der Waals surface area (Å²) in [6.07, 6.45) is 2.37. The molecule has 0 spiro atoms. The first-order valence-corrected chi connectivity index (χ1v) is 22.5. The van der Waals surface area contributed by atoms with E-state index < -0.39 is 0 Å². The summed E-state index contributed by atoms with van der Waals surface area (Å²) in [6, 6.07) is 79.1. The van der Waals surface area contributed by atoms with Gasteiger partial charge in [-0.2, -0.15) is 0 Å². The minimum atomic E-state index is 0.708. The Morgan fingerprint density at radius 1 is 0.400 bits per heavy atom. The molecule has 1 N–H and O–H groups in total. The van der Waals surface area contributed by atoms with Crippen LogP contribution in [0.1, 0.15) is 18.1 Å². The summed E-state index contributed by atoms with van der Waals surface area (Å²) in [6.45, 7) is 5.16. The molecule has 11 aromatic rings. The number of dihydropyridines is 1. The van der Waals surface area contributed by atoms with Crippen molar-refractivity contribution in [3.8, 4) is 27.9 Å². The van der Waals surface area contributed by atoms with Gasteiger partial charge < -0.3 is 19.4 Å². The fourth-order valence-electron chi connectivity index (χ4n) is 10.1. The number of allylic oxidation sites excluding steroid dienone is 2. The third-order valence-electron chi connectivity index (χ3n) is 13.2. The van der Waals surface area contributed by atoms with Gasteiger partial charge in [0.2, 0.25) is 0 Å². The van der Waals surface area contributed by atoms with Crippen molar-refractivity contribution in [1.82, 2.24) is 14.5 Å². The molecule has 9 aromatic carbocycles. The smallest absolute Gasteiger partial charge is 0.0557 e. The quantitative estimate of drug-likeness (QED) is 0.165. The lowest BCUT2D eigenvalue weighted by atomic mass is 9.98. The van der Waals surface area contributed by atoms with Gasteiger partial charge in [0.15, 0.2) is 0 Å². The zero-order chi connectivity index (χ0) is 43.4. The van der Waals surface area contributed by atoms with E-state index in [0.29, 0.717) is 6.54 Å². The lowest BCUT2D eigenvalue weighted by Crippen LogP contribution is -2.23. The predicted molar refractivity (Wildman–Crippen MR) is 275 cm³/mol. The standard InChI is InChI=1S/C61H46N4/c1-41-36-50(63(47-18-8-4-9-19-47)48-20-10-5-11-21-48)32-33-52(41)61-42(2)37-51(40-62-61)65-58-25-15-13-23-54(58)56-39-46(29-35-60(56)65)45-28-34-59-55(38-45)53-22-12-14-24-57(53)64(59)49-30-26-44(27-31-49)43-16-6-3-7-17-43/h3-39,62H,40H2,1-2H3. The Labute approximate surface area is 379 Å². The van der Waals surface area contributed by atoms with Gasteiger partial charge in [0, 0.05) is 61.3 Å². The van der Waals surface area contributed by atoms with Gasteiger partial charge >= 0.3 is 0 Å². The Balaban J connectivity index is 0.900. The molecule has 0 atom stereocenters. The topological polar surface area (TPSA) is 25.1 Å². The highest BCUT2D eigenvalue weighted by Crippen LogP contribution is 2.41. The molecule has 0 fully saturated rings. The van der Waals surface area contributed by atoms with Gasteiger partial charge in [-0.1, -0.05) is 133 Å². The number of nitrogens with one attached hydrogen (secondary N) is 1. The predicted octanol–water partition coefficient (Wildman–Crippen LogP) is 15.9. The first kappa shape index (κ1) is 38.3. The third kappa shape index (κ3) is 6.61. The van der Waals surface area contributed by atoms with Crippen molar-refractivity contribution in [2.45, 2.75) is 13.8 Å². The third-order valence-corrected chi connectivity index (χ3v) is 13.2. The number of aromatic nitrogens is 2. The number of hydrogen-bond donors (Lipinski definition) is 1. The lowest BCUT2D eigenvalue weighted by molar-refractivity contribution is 0.943. The first-order valence-electron chi connectivity index (χ1n) is 22.5. The fraction of sp³-hybridized carbons (Fsp3) is 0.0492. The van der Waals surface area contributed by atoms with E-state index in [9.17, 15) is 0 Å². The molecule has 0 saturated heterocycles. The Hall–Kier alpha value is -8.34. The number of aryl methyl sites for hydroxylation is 1. The minimum absolute atomic E-state index is 0.708. The molecule has 0 bridgehead atoms. The summed E-state index contributed by atoms with van der Waals surface area (Å²) < 4.78 is 4.85. The molecule has 12 rings (SSSR count). The van der Waals surface area contributed by atoms with E-state index in [2.05, 4.69) is 258 Å². The molecule has 0 saturated carbocycles. The second-order valence-electron chi connectivity index (χ2n) is 17.1. The number of rotatable bonds is 8. The summed E-state index contributed by atoms with van der Waals surface area (Å²) in [5.74, 6) is 0. The maximum atomic E-state index is 3.87. The van der Waals surface area contributed by atoms with Crippen LogP contribution in [0.5, 0.6) is 0 Å². The van der Waals surface area contributed by atoms with Crippen molar-refractivity contribution in [2.24, 2.45) is 0 Å². The zero-order valence-electron chi connectivity index (χ0n) is 36.4. The van der Waals surface area contributed by atoms with Gasteiger partial charge in [0.05, 0.1) is 28.6 Å². The van der Waals surface area contributed by atoms with Crippen LogP contribution in [0.15, 0.2) is 230 Å². The van der Waals surface area contributed by atoms with Crippen LogP contribution in [-0.4, -0.2) is 15.7 Å². The molecule has 4 nitrogen and oxygen atoms in total. The normalized spacial score (nSPS) is 12.9. The van der Waals surface area contributed by atoms with E-state index in [1.807, 2.05) is 0 Å². The number of benzene rings is 9. The molecular weight excluding hydrogens is 789 g/mol. The Morgan fingerprint density at radius 3 is 1.48 bits per heavy atom.